The third-order valence-electron chi connectivity index (χ3n) is 2.47. The molecule has 19 heavy (non-hydrogen) atoms. The van der Waals surface area contributed by atoms with Crippen LogP contribution in [-0.4, -0.2) is 18.3 Å². The molecule has 7 nitrogen and oxygen atoms in total. The van der Waals surface area contributed by atoms with Gasteiger partial charge in [0.15, 0.2) is 0 Å². The second kappa shape index (κ2) is 5.21. The Labute approximate surface area is 109 Å². The average Bonchev–Trinajstić information content (AvgIpc) is 2.90. The number of H-pyrrole nitrogens is 1. The number of hydrogen-bond acceptors (Lipinski definition) is 4. The van der Waals surface area contributed by atoms with Gasteiger partial charge in [0.1, 0.15) is 0 Å². The SMILES string of the molecule is O=[N+]([O-])c1cccc(S(=O)(=O)NCc2cc[nH]c2)c1. The van der Waals surface area contributed by atoms with Crippen molar-refractivity contribution in [3.8, 4) is 0 Å². The summed E-state index contributed by atoms with van der Waals surface area (Å²) < 4.78 is 26.3. The number of aromatic amines is 1. The van der Waals surface area contributed by atoms with E-state index in [-0.39, 0.29) is 17.1 Å². The molecule has 0 amide bonds. The van der Waals surface area contributed by atoms with Crippen LogP contribution >= 0.6 is 0 Å². The number of nitrogens with one attached hydrogen (secondary N) is 2. The maximum Gasteiger partial charge on any atom is 0.270 e. The van der Waals surface area contributed by atoms with Gasteiger partial charge in [0.2, 0.25) is 10.0 Å². The van der Waals surface area contributed by atoms with Crippen molar-refractivity contribution in [2.24, 2.45) is 0 Å². The summed E-state index contributed by atoms with van der Waals surface area (Å²) in [6.45, 7) is 0.120. The van der Waals surface area contributed by atoms with Crippen molar-refractivity contribution in [2.45, 2.75) is 11.4 Å². The third kappa shape index (κ3) is 3.18. The summed E-state index contributed by atoms with van der Waals surface area (Å²) >= 11 is 0. The van der Waals surface area contributed by atoms with Gasteiger partial charge >= 0.3 is 0 Å². The molecular weight excluding hydrogens is 270 g/mol. The molecule has 0 bridgehead atoms. The molecule has 0 spiro atoms. The fourth-order valence-corrected chi connectivity index (χ4v) is 2.55. The topological polar surface area (TPSA) is 105 Å². The van der Waals surface area contributed by atoms with Crippen molar-refractivity contribution in [2.75, 3.05) is 0 Å². The molecule has 2 N–H and O–H groups in total. The van der Waals surface area contributed by atoms with Crippen LogP contribution < -0.4 is 4.72 Å². The summed E-state index contributed by atoms with van der Waals surface area (Å²) in [4.78, 5) is 12.7. The van der Waals surface area contributed by atoms with Crippen molar-refractivity contribution in [3.05, 3.63) is 58.4 Å². The smallest absolute Gasteiger partial charge is 0.270 e. The number of non-ortho nitro benzene ring substituents is 1. The summed E-state index contributed by atoms with van der Waals surface area (Å²) in [7, 11) is -3.76. The molecular formula is C11H11N3O4S. The van der Waals surface area contributed by atoms with Crippen LogP contribution in [-0.2, 0) is 16.6 Å². The molecule has 1 aromatic carbocycles. The van der Waals surface area contributed by atoms with Gasteiger partial charge in [-0.05, 0) is 17.7 Å². The Kier molecular flexibility index (Phi) is 3.63. The van der Waals surface area contributed by atoms with Crippen molar-refractivity contribution in [1.29, 1.82) is 0 Å². The first-order valence-corrected chi connectivity index (χ1v) is 6.83. The predicted octanol–water partition coefficient (Wildman–Crippen LogP) is 1.40. The summed E-state index contributed by atoms with van der Waals surface area (Å²) in [6, 6.07) is 6.65. The fourth-order valence-electron chi connectivity index (χ4n) is 1.49. The molecule has 1 aromatic heterocycles. The predicted molar refractivity (Wildman–Crippen MR) is 67.9 cm³/mol. The zero-order chi connectivity index (χ0) is 13.9. The van der Waals surface area contributed by atoms with E-state index in [0.717, 1.165) is 11.6 Å². The van der Waals surface area contributed by atoms with Crippen LogP contribution in [0.25, 0.3) is 0 Å². The number of hydrogen-bond donors (Lipinski definition) is 2. The Morgan fingerprint density at radius 3 is 2.74 bits per heavy atom. The van der Waals surface area contributed by atoms with Crippen LogP contribution in [0.15, 0.2) is 47.6 Å². The second-order valence-electron chi connectivity index (χ2n) is 3.80. The summed E-state index contributed by atoms with van der Waals surface area (Å²) in [6.07, 6.45) is 3.34. The largest absolute Gasteiger partial charge is 0.367 e. The van der Waals surface area contributed by atoms with Crippen molar-refractivity contribution >= 4 is 15.7 Å². The van der Waals surface area contributed by atoms with E-state index < -0.39 is 14.9 Å². The number of benzene rings is 1. The van der Waals surface area contributed by atoms with Crippen molar-refractivity contribution in [1.82, 2.24) is 9.71 Å². The highest BCUT2D eigenvalue weighted by molar-refractivity contribution is 7.89. The minimum absolute atomic E-state index is 0.120. The molecule has 0 radical (unpaired) electrons. The molecule has 1 heterocycles. The molecule has 0 aliphatic carbocycles. The van der Waals surface area contributed by atoms with Gasteiger partial charge < -0.3 is 4.98 Å². The second-order valence-corrected chi connectivity index (χ2v) is 5.57. The highest BCUT2D eigenvalue weighted by Crippen LogP contribution is 2.17. The van der Waals surface area contributed by atoms with Crippen LogP contribution in [0.1, 0.15) is 5.56 Å². The van der Waals surface area contributed by atoms with E-state index in [1.807, 2.05) is 0 Å². The zero-order valence-corrected chi connectivity index (χ0v) is 10.6. The van der Waals surface area contributed by atoms with Crippen molar-refractivity contribution < 1.29 is 13.3 Å². The molecule has 0 aliphatic heterocycles. The van der Waals surface area contributed by atoms with Crippen LogP contribution in [0.3, 0.4) is 0 Å². The highest BCUT2D eigenvalue weighted by Gasteiger charge is 2.17. The van der Waals surface area contributed by atoms with Crippen molar-refractivity contribution in [3.63, 3.8) is 0 Å². The minimum atomic E-state index is -3.76. The van der Waals surface area contributed by atoms with Gasteiger partial charge in [0.25, 0.3) is 5.69 Å². The molecule has 0 saturated heterocycles. The maximum atomic E-state index is 12.0. The Balaban J connectivity index is 2.19. The summed E-state index contributed by atoms with van der Waals surface area (Å²) in [5.74, 6) is 0. The number of aromatic nitrogens is 1. The molecule has 2 aromatic rings. The van der Waals surface area contributed by atoms with Crippen LogP contribution in [0, 0.1) is 10.1 Å². The third-order valence-corrected chi connectivity index (χ3v) is 3.87. The first-order chi connectivity index (χ1) is 8.99. The number of sulfonamides is 1. The molecule has 0 atom stereocenters. The maximum absolute atomic E-state index is 12.0. The standard InChI is InChI=1S/C11H11N3O4S/c15-14(16)10-2-1-3-11(6-10)19(17,18)13-8-9-4-5-12-7-9/h1-7,12-13H,8H2. The summed E-state index contributed by atoms with van der Waals surface area (Å²) in [5, 5.41) is 10.6. The van der Waals surface area contributed by atoms with Gasteiger partial charge in [-0.15, -0.1) is 0 Å². The highest BCUT2D eigenvalue weighted by atomic mass is 32.2. The van der Waals surface area contributed by atoms with E-state index in [4.69, 9.17) is 0 Å². The zero-order valence-electron chi connectivity index (χ0n) is 9.74. The minimum Gasteiger partial charge on any atom is -0.367 e. The number of nitro benzene ring substituents is 1. The van der Waals surface area contributed by atoms with E-state index >= 15 is 0 Å². The van der Waals surface area contributed by atoms with E-state index in [1.54, 1.807) is 18.5 Å². The number of nitro groups is 1. The van der Waals surface area contributed by atoms with Gasteiger partial charge in [-0.3, -0.25) is 10.1 Å². The number of rotatable bonds is 5. The lowest BCUT2D eigenvalue weighted by molar-refractivity contribution is -0.385. The average molecular weight is 281 g/mol. The molecule has 0 unspecified atom stereocenters. The molecule has 100 valence electrons. The Bertz CT molecular complexity index is 680. The van der Waals surface area contributed by atoms with Crippen LogP contribution in [0.2, 0.25) is 0 Å². The fraction of sp³-hybridized carbons (Fsp3) is 0.0909. The number of nitrogens with zero attached hydrogens (tertiary/aromatic N) is 1. The summed E-state index contributed by atoms with van der Waals surface area (Å²) in [5.41, 5.74) is 0.513. The van der Waals surface area contributed by atoms with Gasteiger partial charge in [0, 0.05) is 31.1 Å². The lowest BCUT2D eigenvalue weighted by Gasteiger charge is -2.05. The Morgan fingerprint density at radius 2 is 2.11 bits per heavy atom. The normalized spacial score (nSPS) is 11.4. The molecule has 8 heteroatoms. The van der Waals surface area contributed by atoms with Gasteiger partial charge in [-0.25, -0.2) is 13.1 Å². The lowest BCUT2D eigenvalue weighted by atomic mass is 10.3. The Hall–Kier alpha value is -2.19. The quantitative estimate of drug-likeness (QED) is 0.638. The van der Waals surface area contributed by atoms with Gasteiger partial charge in [-0.2, -0.15) is 0 Å². The monoisotopic (exact) mass is 281 g/mol. The van der Waals surface area contributed by atoms with E-state index in [9.17, 15) is 18.5 Å². The van der Waals surface area contributed by atoms with Crippen LogP contribution in [0.4, 0.5) is 5.69 Å². The molecule has 2 rings (SSSR count). The Morgan fingerprint density at radius 1 is 1.32 bits per heavy atom. The van der Waals surface area contributed by atoms with Crippen LogP contribution in [0.5, 0.6) is 0 Å². The van der Waals surface area contributed by atoms with Gasteiger partial charge in [-0.1, -0.05) is 6.07 Å². The van der Waals surface area contributed by atoms with E-state index in [2.05, 4.69) is 9.71 Å². The molecule has 0 fully saturated rings. The lowest BCUT2D eigenvalue weighted by Crippen LogP contribution is -2.23. The van der Waals surface area contributed by atoms with E-state index in [0.29, 0.717) is 0 Å². The van der Waals surface area contributed by atoms with Gasteiger partial charge in [0.05, 0.1) is 9.82 Å². The van der Waals surface area contributed by atoms with E-state index in [1.165, 1.54) is 18.2 Å². The molecule has 0 saturated carbocycles. The first-order valence-electron chi connectivity index (χ1n) is 5.35. The molecule has 0 aliphatic rings. The first kappa shape index (κ1) is 13.2.